The molecule has 3 heteroatoms. The second-order valence-electron chi connectivity index (χ2n) is 6.23. The van der Waals surface area contributed by atoms with Crippen molar-refractivity contribution in [1.82, 2.24) is 5.32 Å². The Morgan fingerprint density at radius 3 is 2.92 bits per heavy atom. The summed E-state index contributed by atoms with van der Waals surface area (Å²) in [5.74, 6) is 0.915. The summed E-state index contributed by atoms with van der Waals surface area (Å²) in [7, 11) is 0. The summed E-state index contributed by atoms with van der Waals surface area (Å²) in [6.45, 7) is 2.79. The third-order valence-electron chi connectivity index (χ3n) is 4.24. The molecule has 124 valence electrons. The van der Waals surface area contributed by atoms with Gasteiger partial charge in [-0.15, -0.1) is 0 Å². The molecule has 1 unspecified atom stereocenters. The number of hydrogen-bond donors (Lipinski definition) is 1. The second-order valence-corrected chi connectivity index (χ2v) is 6.23. The first-order valence-corrected chi connectivity index (χ1v) is 8.49. The standard InChI is InChI=1S/C21H23NO2/c1-16(7-8-17-5-3-2-4-6-17)22-21(23)12-10-18-9-11-20-19(15-18)13-14-24-20/h2-6,9-12,15-16H,7-8,13-14H2,1H3,(H,22,23)/b12-10+. The van der Waals surface area contributed by atoms with Crippen LogP contribution in [0.2, 0.25) is 0 Å². The molecule has 0 fully saturated rings. The molecule has 3 rings (SSSR count). The predicted molar refractivity (Wildman–Crippen MR) is 97.0 cm³/mol. The van der Waals surface area contributed by atoms with Gasteiger partial charge in [0.05, 0.1) is 6.61 Å². The summed E-state index contributed by atoms with van der Waals surface area (Å²) < 4.78 is 5.49. The van der Waals surface area contributed by atoms with Crippen molar-refractivity contribution < 1.29 is 9.53 Å². The van der Waals surface area contributed by atoms with E-state index in [2.05, 4.69) is 23.5 Å². The van der Waals surface area contributed by atoms with Gasteiger partial charge >= 0.3 is 0 Å². The van der Waals surface area contributed by atoms with Gasteiger partial charge in [-0.3, -0.25) is 4.79 Å². The summed E-state index contributed by atoms with van der Waals surface area (Å²) in [5.41, 5.74) is 3.55. The van der Waals surface area contributed by atoms with Crippen molar-refractivity contribution in [3.8, 4) is 5.75 Å². The number of amides is 1. The van der Waals surface area contributed by atoms with Gasteiger partial charge in [-0.1, -0.05) is 36.4 Å². The van der Waals surface area contributed by atoms with Crippen LogP contribution in [-0.4, -0.2) is 18.6 Å². The maximum atomic E-state index is 12.0. The fourth-order valence-electron chi connectivity index (χ4n) is 2.87. The van der Waals surface area contributed by atoms with E-state index >= 15 is 0 Å². The van der Waals surface area contributed by atoms with Crippen LogP contribution in [-0.2, 0) is 17.6 Å². The monoisotopic (exact) mass is 321 g/mol. The molecule has 1 amide bonds. The number of fused-ring (bicyclic) bond motifs is 1. The van der Waals surface area contributed by atoms with Crippen LogP contribution in [0.1, 0.15) is 30.0 Å². The number of carbonyl (C=O) groups excluding carboxylic acids is 1. The number of nitrogens with one attached hydrogen (secondary N) is 1. The average molecular weight is 321 g/mol. The first kappa shape index (κ1) is 16.3. The Morgan fingerprint density at radius 1 is 1.25 bits per heavy atom. The molecule has 0 spiro atoms. The second kappa shape index (κ2) is 7.82. The maximum Gasteiger partial charge on any atom is 0.244 e. The van der Waals surface area contributed by atoms with Crippen LogP contribution in [0.3, 0.4) is 0 Å². The summed E-state index contributed by atoms with van der Waals surface area (Å²) in [4.78, 5) is 12.0. The molecule has 1 aliphatic rings. The van der Waals surface area contributed by atoms with Crippen LogP contribution >= 0.6 is 0 Å². The third-order valence-corrected chi connectivity index (χ3v) is 4.24. The number of rotatable bonds is 6. The summed E-state index contributed by atoms with van der Waals surface area (Å²) >= 11 is 0. The van der Waals surface area contributed by atoms with E-state index in [1.807, 2.05) is 43.3 Å². The van der Waals surface area contributed by atoms with Gasteiger partial charge in [0.1, 0.15) is 5.75 Å². The van der Waals surface area contributed by atoms with E-state index in [0.717, 1.165) is 37.2 Å². The highest BCUT2D eigenvalue weighted by Crippen LogP contribution is 2.26. The molecule has 2 aromatic carbocycles. The predicted octanol–water partition coefficient (Wildman–Crippen LogP) is 3.77. The van der Waals surface area contributed by atoms with Crippen molar-refractivity contribution >= 4 is 12.0 Å². The molecule has 1 aliphatic heterocycles. The van der Waals surface area contributed by atoms with Crippen molar-refractivity contribution in [3.05, 3.63) is 71.3 Å². The van der Waals surface area contributed by atoms with E-state index in [-0.39, 0.29) is 11.9 Å². The van der Waals surface area contributed by atoms with Gasteiger partial charge in [0, 0.05) is 18.5 Å². The molecule has 0 bridgehead atoms. The van der Waals surface area contributed by atoms with Gasteiger partial charge in [0.2, 0.25) is 5.91 Å². The van der Waals surface area contributed by atoms with Crippen molar-refractivity contribution in [2.45, 2.75) is 32.2 Å². The van der Waals surface area contributed by atoms with Crippen molar-refractivity contribution in [2.75, 3.05) is 6.61 Å². The molecule has 24 heavy (non-hydrogen) atoms. The van der Waals surface area contributed by atoms with Crippen LogP contribution < -0.4 is 10.1 Å². The van der Waals surface area contributed by atoms with Crippen LogP contribution in [0.4, 0.5) is 0 Å². The van der Waals surface area contributed by atoms with Gasteiger partial charge in [-0.2, -0.15) is 0 Å². The number of carbonyl (C=O) groups is 1. The van der Waals surface area contributed by atoms with E-state index < -0.39 is 0 Å². The first-order valence-electron chi connectivity index (χ1n) is 8.49. The zero-order valence-corrected chi connectivity index (χ0v) is 14.0. The summed E-state index contributed by atoms with van der Waals surface area (Å²) in [6, 6.07) is 16.5. The topological polar surface area (TPSA) is 38.3 Å². The smallest absolute Gasteiger partial charge is 0.244 e. The Bertz CT molecular complexity index is 722. The molecule has 0 aromatic heterocycles. The Morgan fingerprint density at radius 2 is 2.08 bits per heavy atom. The highest BCUT2D eigenvalue weighted by molar-refractivity contribution is 5.91. The lowest BCUT2D eigenvalue weighted by atomic mass is 10.1. The van der Waals surface area contributed by atoms with Gasteiger partial charge < -0.3 is 10.1 Å². The summed E-state index contributed by atoms with van der Waals surface area (Å²) in [5, 5.41) is 3.02. The van der Waals surface area contributed by atoms with Crippen LogP contribution in [0.25, 0.3) is 6.08 Å². The number of aryl methyl sites for hydroxylation is 1. The average Bonchev–Trinajstić information content (AvgIpc) is 3.07. The highest BCUT2D eigenvalue weighted by atomic mass is 16.5. The lowest BCUT2D eigenvalue weighted by molar-refractivity contribution is -0.117. The molecular formula is C21H23NO2. The van der Waals surface area contributed by atoms with Crippen molar-refractivity contribution in [2.24, 2.45) is 0 Å². The van der Waals surface area contributed by atoms with Crippen LogP contribution in [0, 0.1) is 0 Å². The minimum atomic E-state index is -0.0488. The highest BCUT2D eigenvalue weighted by Gasteiger charge is 2.11. The quantitative estimate of drug-likeness (QED) is 0.823. The van der Waals surface area contributed by atoms with Crippen molar-refractivity contribution in [3.63, 3.8) is 0 Å². The maximum absolute atomic E-state index is 12.0. The van der Waals surface area contributed by atoms with E-state index in [1.54, 1.807) is 6.08 Å². The number of ether oxygens (including phenoxy) is 1. The molecule has 1 N–H and O–H groups in total. The summed E-state index contributed by atoms with van der Waals surface area (Å²) in [6.07, 6.45) is 6.31. The lowest BCUT2D eigenvalue weighted by Crippen LogP contribution is -2.31. The zero-order chi connectivity index (χ0) is 16.8. The number of hydrogen-bond acceptors (Lipinski definition) is 2. The molecule has 1 heterocycles. The Kier molecular flexibility index (Phi) is 5.32. The Labute approximate surface area is 143 Å². The fourth-order valence-corrected chi connectivity index (χ4v) is 2.87. The van der Waals surface area contributed by atoms with Gasteiger partial charge in [-0.25, -0.2) is 0 Å². The van der Waals surface area contributed by atoms with Crippen LogP contribution in [0.15, 0.2) is 54.6 Å². The first-order chi connectivity index (χ1) is 11.7. The van der Waals surface area contributed by atoms with Gasteiger partial charge in [-0.05, 0) is 54.7 Å². The lowest BCUT2D eigenvalue weighted by Gasteiger charge is -2.12. The third kappa shape index (κ3) is 4.48. The largest absolute Gasteiger partial charge is 0.493 e. The van der Waals surface area contributed by atoms with Crippen LogP contribution in [0.5, 0.6) is 5.75 Å². The van der Waals surface area contributed by atoms with E-state index in [9.17, 15) is 4.79 Å². The SMILES string of the molecule is CC(CCc1ccccc1)NC(=O)/C=C/c1ccc2c(c1)CCO2. The molecule has 2 aromatic rings. The van der Waals surface area contributed by atoms with E-state index in [0.29, 0.717) is 0 Å². The molecule has 1 atom stereocenters. The molecule has 0 aliphatic carbocycles. The minimum absolute atomic E-state index is 0.0488. The molecule has 0 saturated heterocycles. The van der Waals surface area contributed by atoms with E-state index in [4.69, 9.17) is 4.74 Å². The molecular weight excluding hydrogens is 298 g/mol. The Balaban J connectivity index is 1.48. The minimum Gasteiger partial charge on any atom is -0.493 e. The Hall–Kier alpha value is -2.55. The molecule has 0 saturated carbocycles. The molecule has 3 nitrogen and oxygen atoms in total. The van der Waals surface area contributed by atoms with Gasteiger partial charge in [0.25, 0.3) is 0 Å². The molecule has 0 radical (unpaired) electrons. The fraction of sp³-hybridized carbons (Fsp3) is 0.286. The normalized spacial score (nSPS) is 14.2. The van der Waals surface area contributed by atoms with Gasteiger partial charge in [0.15, 0.2) is 0 Å². The zero-order valence-electron chi connectivity index (χ0n) is 14.0. The van der Waals surface area contributed by atoms with Crippen molar-refractivity contribution in [1.29, 1.82) is 0 Å². The van der Waals surface area contributed by atoms with E-state index in [1.165, 1.54) is 11.1 Å². The number of benzene rings is 2.